The average Bonchev–Trinajstić information content (AvgIpc) is 2.91. The number of hydrogen-bond acceptors (Lipinski definition) is 2. The van der Waals surface area contributed by atoms with Gasteiger partial charge in [-0.3, -0.25) is 0 Å². The molecule has 20 heavy (non-hydrogen) atoms. The molecule has 0 aromatic carbocycles. The fraction of sp³-hybridized carbons (Fsp3) is 0.467. The smallest absolute Gasteiger partial charge is 0.244 e. The maximum atomic E-state index is 8.87. The first kappa shape index (κ1) is 14.7. The van der Waals surface area contributed by atoms with E-state index in [-0.39, 0.29) is 13.2 Å². The molecule has 0 bridgehead atoms. The Labute approximate surface area is 119 Å². The quantitative estimate of drug-likeness (QED) is 0.661. The molecule has 108 valence electrons. The van der Waals surface area contributed by atoms with Gasteiger partial charge in [0.25, 0.3) is 0 Å². The van der Waals surface area contributed by atoms with Gasteiger partial charge in [-0.05, 0) is 6.07 Å². The van der Waals surface area contributed by atoms with Crippen molar-refractivity contribution < 1.29 is 19.3 Å². The summed E-state index contributed by atoms with van der Waals surface area (Å²) in [6, 6.07) is 4.14. The number of aliphatic hydroxyl groups is 2. The third-order valence-corrected chi connectivity index (χ3v) is 3.18. The van der Waals surface area contributed by atoms with Gasteiger partial charge in [0.15, 0.2) is 18.9 Å². The first-order chi connectivity index (χ1) is 9.81. The van der Waals surface area contributed by atoms with Gasteiger partial charge in [0.05, 0.1) is 12.1 Å². The van der Waals surface area contributed by atoms with Crippen molar-refractivity contribution in [1.29, 1.82) is 0 Å². The Balaban J connectivity index is 1.96. The zero-order chi connectivity index (χ0) is 14.2. The van der Waals surface area contributed by atoms with Crippen LogP contribution in [0.2, 0.25) is 0 Å². The first-order valence-corrected chi connectivity index (χ1v) is 7.06. The summed E-state index contributed by atoms with van der Waals surface area (Å²) < 4.78 is 6.32. The number of aryl methyl sites for hydroxylation is 2. The van der Waals surface area contributed by atoms with Crippen molar-refractivity contribution in [3.8, 4) is 0 Å². The second-order valence-electron chi connectivity index (χ2n) is 4.93. The van der Waals surface area contributed by atoms with Gasteiger partial charge in [-0.1, -0.05) is 0 Å². The van der Waals surface area contributed by atoms with Crippen LogP contribution in [0.3, 0.4) is 0 Å². The van der Waals surface area contributed by atoms with E-state index in [1.165, 1.54) is 5.56 Å². The lowest BCUT2D eigenvalue weighted by Crippen LogP contribution is -2.37. The summed E-state index contributed by atoms with van der Waals surface area (Å²) in [6.45, 7) is 2.95. The molecule has 0 fully saturated rings. The highest BCUT2D eigenvalue weighted by Crippen LogP contribution is 1.96. The van der Waals surface area contributed by atoms with E-state index in [4.69, 9.17) is 10.2 Å². The molecule has 2 aromatic heterocycles. The van der Waals surface area contributed by atoms with Crippen LogP contribution >= 0.6 is 0 Å². The molecule has 0 radical (unpaired) electrons. The van der Waals surface area contributed by atoms with E-state index < -0.39 is 0 Å². The Hall–Kier alpha value is -1.72. The summed E-state index contributed by atoms with van der Waals surface area (Å²) in [5, 5.41) is 17.7. The molecule has 0 saturated carbocycles. The normalized spacial score (nSPS) is 10.9. The van der Waals surface area contributed by atoms with Crippen LogP contribution in [0.15, 0.2) is 43.2 Å². The van der Waals surface area contributed by atoms with E-state index in [0.29, 0.717) is 0 Å². The number of rotatable bonds is 8. The lowest BCUT2D eigenvalue weighted by atomic mass is 10.2. The Kier molecular flexibility index (Phi) is 5.70. The van der Waals surface area contributed by atoms with Gasteiger partial charge in [-0.2, -0.15) is 0 Å². The van der Waals surface area contributed by atoms with Gasteiger partial charge in [-0.15, -0.1) is 0 Å². The monoisotopic (exact) mass is 277 g/mol. The summed E-state index contributed by atoms with van der Waals surface area (Å²) in [5.74, 6) is 0. The van der Waals surface area contributed by atoms with E-state index in [1.807, 2.05) is 24.7 Å². The minimum absolute atomic E-state index is 0.222. The summed E-state index contributed by atoms with van der Waals surface area (Å²) in [6.07, 6.45) is 11.8. The third kappa shape index (κ3) is 4.43. The molecule has 2 heterocycles. The second kappa shape index (κ2) is 7.77. The van der Waals surface area contributed by atoms with Gasteiger partial charge in [0.1, 0.15) is 18.9 Å². The maximum absolute atomic E-state index is 8.87. The van der Waals surface area contributed by atoms with Crippen molar-refractivity contribution in [2.45, 2.75) is 32.5 Å². The van der Waals surface area contributed by atoms with Crippen molar-refractivity contribution in [1.82, 2.24) is 4.57 Å². The summed E-state index contributed by atoms with van der Waals surface area (Å²) in [4.78, 5) is 0. The molecule has 0 saturated heterocycles. The highest BCUT2D eigenvalue weighted by molar-refractivity contribution is 5.03. The molecule has 5 nitrogen and oxygen atoms in total. The molecule has 2 aromatic rings. The molecule has 0 atom stereocenters. The van der Waals surface area contributed by atoms with Gasteiger partial charge in [0.2, 0.25) is 6.33 Å². The van der Waals surface area contributed by atoms with E-state index >= 15 is 0 Å². The zero-order valence-corrected chi connectivity index (χ0v) is 11.7. The van der Waals surface area contributed by atoms with Crippen molar-refractivity contribution >= 4 is 0 Å². The first-order valence-electron chi connectivity index (χ1n) is 7.06. The minimum Gasteiger partial charge on any atom is -0.396 e. The minimum atomic E-state index is 0.222. The van der Waals surface area contributed by atoms with Gasteiger partial charge in [-0.25, -0.2) is 13.7 Å². The SMILES string of the molecule is OCCCn1cc[n+](Cc2ccc[n+](CCCO)c2)c1. The molecular formula is C15H23N3O2+2. The average molecular weight is 277 g/mol. The van der Waals surface area contributed by atoms with Crippen molar-refractivity contribution in [3.63, 3.8) is 0 Å². The molecule has 0 spiro atoms. The summed E-state index contributed by atoms with van der Waals surface area (Å²) in [5.41, 5.74) is 1.23. The molecule has 2 rings (SSSR count). The topological polar surface area (TPSA) is 53.2 Å². The standard InChI is InChI=1S/C15H23N3O2/c19-10-2-6-16-5-1-4-15(12-16)13-18-9-8-17(14-18)7-3-11-20/h1,4-5,8-9,12,14,19-20H,2-3,6-7,10-11,13H2/q+2. The molecule has 0 aliphatic carbocycles. The number of aromatic nitrogens is 3. The highest BCUT2D eigenvalue weighted by atomic mass is 16.3. The fourth-order valence-corrected chi connectivity index (χ4v) is 2.19. The number of imidazole rings is 1. The van der Waals surface area contributed by atoms with Gasteiger partial charge in [0, 0.05) is 32.1 Å². The van der Waals surface area contributed by atoms with E-state index in [9.17, 15) is 0 Å². The van der Waals surface area contributed by atoms with E-state index in [2.05, 4.69) is 32.3 Å². The van der Waals surface area contributed by atoms with Crippen LogP contribution in [-0.2, 0) is 19.6 Å². The van der Waals surface area contributed by atoms with E-state index in [0.717, 1.165) is 32.5 Å². The lowest BCUT2D eigenvalue weighted by molar-refractivity contribution is -0.705. The Bertz CT molecular complexity index is 525. The third-order valence-electron chi connectivity index (χ3n) is 3.18. The molecule has 5 heteroatoms. The molecule has 0 unspecified atom stereocenters. The van der Waals surface area contributed by atoms with Gasteiger partial charge >= 0.3 is 0 Å². The van der Waals surface area contributed by atoms with Crippen LogP contribution in [0, 0.1) is 0 Å². The molecule has 0 aliphatic heterocycles. The summed E-state index contributed by atoms with van der Waals surface area (Å²) >= 11 is 0. The molecule has 2 N–H and O–H groups in total. The van der Waals surface area contributed by atoms with Crippen LogP contribution in [0.1, 0.15) is 18.4 Å². The van der Waals surface area contributed by atoms with Crippen LogP contribution in [-0.4, -0.2) is 28.0 Å². The highest BCUT2D eigenvalue weighted by Gasteiger charge is 2.08. The number of pyridine rings is 1. The van der Waals surface area contributed by atoms with Crippen molar-refractivity contribution in [2.24, 2.45) is 0 Å². The van der Waals surface area contributed by atoms with Crippen LogP contribution in [0.25, 0.3) is 0 Å². The largest absolute Gasteiger partial charge is 0.396 e. The van der Waals surface area contributed by atoms with Crippen LogP contribution in [0.5, 0.6) is 0 Å². The van der Waals surface area contributed by atoms with Crippen molar-refractivity contribution in [2.75, 3.05) is 13.2 Å². The lowest BCUT2D eigenvalue weighted by Gasteiger charge is -1.99. The number of aliphatic hydroxyl groups excluding tert-OH is 2. The summed E-state index contributed by atoms with van der Waals surface area (Å²) in [7, 11) is 0. The second-order valence-corrected chi connectivity index (χ2v) is 4.93. The van der Waals surface area contributed by atoms with E-state index in [1.54, 1.807) is 0 Å². The Morgan fingerprint density at radius 1 is 1.05 bits per heavy atom. The fourth-order valence-electron chi connectivity index (χ4n) is 2.19. The maximum Gasteiger partial charge on any atom is 0.244 e. The Morgan fingerprint density at radius 2 is 1.90 bits per heavy atom. The number of hydrogen-bond donors (Lipinski definition) is 2. The predicted molar refractivity (Wildman–Crippen MR) is 73.8 cm³/mol. The Morgan fingerprint density at radius 3 is 2.70 bits per heavy atom. The van der Waals surface area contributed by atoms with Crippen LogP contribution < -0.4 is 9.13 Å². The molecule has 0 amide bonds. The van der Waals surface area contributed by atoms with Gasteiger partial charge < -0.3 is 10.2 Å². The molecule has 0 aliphatic rings. The number of nitrogens with zero attached hydrogens (tertiary/aromatic N) is 3. The predicted octanol–water partition coefficient (Wildman–Crippen LogP) is -0.124. The molecular weight excluding hydrogens is 254 g/mol. The zero-order valence-electron chi connectivity index (χ0n) is 11.7. The van der Waals surface area contributed by atoms with Crippen molar-refractivity contribution in [3.05, 3.63) is 48.8 Å². The van der Waals surface area contributed by atoms with Crippen LogP contribution in [0.4, 0.5) is 0 Å².